The summed E-state index contributed by atoms with van der Waals surface area (Å²) in [6.45, 7) is 1.82. The van der Waals surface area contributed by atoms with Gasteiger partial charge in [0.15, 0.2) is 12.4 Å². The topological polar surface area (TPSA) is 104 Å². The molecule has 0 aliphatic rings. The molecule has 0 amide bonds. The van der Waals surface area contributed by atoms with Gasteiger partial charge in [-0.15, -0.1) is 0 Å². The Balaban J connectivity index is 0.000000186. The summed E-state index contributed by atoms with van der Waals surface area (Å²) in [6, 6.07) is 12.7. The quantitative estimate of drug-likeness (QED) is 0.302. The second-order valence-corrected chi connectivity index (χ2v) is 6.79. The Morgan fingerprint density at radius 2 is 1.68 bits per heavy atom. The van der Waals surface area contributed by atoms with Crippen LogP contribution in [0.4, 0.5) is 5.69 Å². The van der Waals surface area contributed by atoms with Crippen LogP contribution in [0.15, 0.2) is 65.8 Å². The molecule has 0 saturated heterocycles. The number of benzene rings is 2. The lowest BCUT2D eigenvalue weighted by atomic mass is 10.1. The minimum Gasteiger partial charge on any atom is -0.744 e. The van der Waals surface area contributed by atoms with Crippen molar-refractivity contribution in [2.75, 3.05) is 0 Å². The van der Waals surface area contributed by atoms with Crippen molar-refractivity contribution in [1.29, 1.82) is 0 Å². The molecule has 7 nitrogen and oxygen atoms in total. The maximum Gasteiger partial charge on any atom is 0.283 e. The number of aromatic nitrogens is 1. The van der Waals surface area contributed by atoms with Crippen molar-refractivity contribution >= 4 is 26.6 Å². The van der Waals surface area contributed by atoms with Crippen LogP contribution in [0, 0.1) is 17.0 Å². The Morgan fingerprint density at radius 1 is 1.04 bits per heavy atom. The van der Waals surface area contributed by atoms with E-state index in [4.69, 9.17) is 0 Å². The van der Waals surface area contributed by atoms with Crippen molar-refractivity contribution in [2.24, 2.45) is 7.05 Å². The highest BCUT2D eigenvalue weighted by Crippen LogP contribution is 2.23. The van der Waals surface area contributed by atoms with Gasteiger partial charge >= 0.3 is 0 Å². The highest BCUT2D eigenvalue weighted by atomic mass is 32.2. The second kappa shape index (κ2) is 7.37. The lowest BCUT2D eigenvalue weighted by Gasteiger charge is -2.05. The maximum atomic E-state index is 10.7. The zero-order chi connectivity index (χ0) is 18.6. The molecule has 0 aliphatic carbocycles. The molecular weight excluding hydrogens is 344 g/mol. The smallest absolute Gasteiger partial charge is 0.283 e. The fourth-order valence-electron chi connectivity index (χ4n) is 2.17. The molecule has 8 heteroatoms. The van der Waals surface area contributed by atoms with Crippen LogP contribution in [-0.4, -0.2) is 17.9 Å². The number of hydrogen-bond donors (Lipinski definition) is 0. The average molecular weight is 360 g/mol. The second-order valence-electron chi connectivity index (χ2n) is 5.41. The van der Waals surface area contributed by atoms with E-state index in [1.807, 2.05) is 32.3 Å². The van der Waals surface area contributed by atoms with Gasteiger partial charge in [0.1, 0.15) is 22.6 Å². The Hall–Kier alpha value is -2.84. The molecule has 2 aromatic carbocycles. The van der Waals surface area contributed by atoms with Gasteiger partial charge in [-0.1, -0.05) is 29.8 Å². The molecule has 3 aromatic rings. The van der Waals surface area contributed by atoms with Gasteiger partial charge in [-0.05, 0) is 19.1 Å². The zero-order valence-electron chi connectivity index (χ0n) is 13.6. The predicted molar refractivity (Wildman–Crippen MR) is 90.9 cm³/mol. The largest absolute Gasteiger partial charge is 0.744 e. The van der Waals surface area contributed by atoms with Crippen LogP contribution in [-0.2, 0) is 17.2 Å². The average Bonchev–Trinajstić information content (AvgIpc) is 2.54. The lowest BCUT2D eigenvalue weighted by molar-refractivity contribution is -0.670. The SMILES string of the molecule is C[n+]1ccc2cccc([N+](=O)[O-])c2c1.Cc1ccc(S(=O)(=O)[O-])cc1. The number of aryl methyl sites for hydroxylation is 2. The van der Waals surface area contributed by atoms with E-state index in [2.05, 4.69) is 0 Å². The first-order valence-electron chi connectivity index (χ1n) is 7.23. The van der Waals surface area contributed by atoms with Crippen LogP contribution >= 0.6 is 0 Å². The molecule has 130 valence electrons. The van der Waals surface area contributed by atoms with Gasteiger partial charge in [0.25, 0.3) is 5.69 Å². The normalized spacial score (nSPS) is 10.8. The Labute approximate surface area is 145 Å². The van der Waals surface area contributed by atoms with Crippen molar-refractivity contribution in [3.05, 3.63) is 76.6 Å². The third-order valence-corrected chi connectivity index (χ3v) is 4.29. The number of pyridine rings is 1. The minimum atomic E-state index is -4.27. The van der Waals surface area contributed by atoms with Crippen molar-refractivity contribution < 1.29 is 22.5 Å². The van der Waals surface area contributed by atoms with Gasteiger partial charge in [0, 0.05) is 17.5 Å². The zero-order valence-corrected chi connectivity index (χ0v) is 14.4. The number of nitro groups is 1. The maximum absolute atomic E-state index is 10.7. The first kappa shape index (κ1) is 18.5. The molecule has 0 bridgehead atoms. The van der Waals surface area contributed by atoms with Crippen molar-refractivity contribution in [3.63, 3.8) is 0 Å². The molecule has 0 fully saturated rings. The van der Waals surface area contributed by atoms with Gasteiger partial charge in [0.05, 0.1) is 9.82 Å². The Bertz CT molecular complexity index is 1010. The Morgan fingerprint density at radius 3 is 2.24 bits per heavy atom. The first-order valence-corrected chi connectivity index (χ1v) is 8.64. The molecule has 1 heterocycles. The van der Waals surface area contributed by atoms with Crippen molar-refractivity contribution in [2.45, 2.75) is 11.8 Å². The first-order chi connectivity index (χ1) is 11.7. The monoisotopic (exact) mass is 360 g/mol. The van der Waals surface area contributed by atoms with E-state index in [9.17, 15) is 23.1 Å². The molecule has 1 aromatic heterocycles. The van der Waals surface area contributed by atoms with Crippen LogP contribution < -0.4 is 4.57 Å². The van der Waals surface area contributed by atoms with E-state index in [1.165, 1.54) is 18.2 Å². The summed E-state index contributed by atoms with van der Waals surface area (Å²) in [5.74, 6) is 0. The summed E-state index contributed by atoms with van der Waals surface area (Å²) in [6.07, 6.45) is 3.62. The standard InChI is InChI=1S/C10H9N2O2.C7H8O3S/c1-11-6-5-8-3-2-4-10(12(13)14)9(8)7-11;1-6-2-4-7(5-3-6)11(8,9)10/h2-7H,1H3;2-5H,1H3,(H,8,9,10)/q+1;/p-1. The van der Waals surface area contributed by atoms with Gasteiger partial charge in [-0.25, -0.2) is 13.0 Å². The third-order valence-electron chi connectivity index (χ3n) is 3.45. The number of hydrogen-bond acceptors (Lipinski definition) is 5. The minimum absolute atomic E-state index is 0.152. The van der Waals surface area contributed by atoms with E-state index in [1.54, 1.807) is 29.0 Å². The van der Waals surface area contributed by atoms with Crippen LogP contribution in [0.2, 0.25) is 0 Å². The number of rotatable bonds is 2. The summed E-state index contributed by atoms with van der Waals surface area (Å²) in [5, 5.41) is 12.3. The molecule has 0 saturated carbocycles. The molecule has 3 rings (SSSR count). The van der Waals surface area contributed by atoms with Gasteiger partial charge in [-0.3, -0.25) is 10.1 Å². The lowest BCUT2D eigenvalue weighted by Crippen LogP contribution is -2.25. The van der Waals surface area contributed by atoms with Crippen LogP contribution in [0.5, 0.6) is 0 Å². The summed E-state index contributed by atoms with van der Waals surface area (Å²) in [4.78, 5) is 10.2. The molecule has 25 heavy (non-hydrogen) atoms. The molecule has 0 aliphatic heterocycles. The molecule has 0 spiro atoms. The summed E-state index contributed by atoms with van der Waals surface area (Å²) < 4.78 is 33.0. The summed E-state index contributed by atoms with van der Waals surface area (Å²) >= 11 is 0. The van der Waals surface area contributed by atoms with Crippen LogP contribution in [0.25, 0.3) is 10.8 Å². The highest BCUT2D eigenvalue weighted by Gasteiger charge is 2.13. The van der Waals surface area contributed by atoms with Crippen molar-refractivity contribution in [1.82, 2.24) is 0 Å². The number of nitrogens with zero attached hydrogens (tertiary/aromatic N) is 2. The van der Waals surface area contributed by atoms with Gasteiger partial charge < -0.3 is 4.55 Å². The number of fused-ring (bicyclic) bond motifs is 1. The van der Waals surface area contributed by atoms with E-state index >= 15 is 0 Å². The molecule has 0 N–H and O–H groups in total. The van der Waals surface area contributed by atoms with E-state index < -0.39 is 10.1 Å². The fourth-order valence-corrected chi connectivity index (χ4v) is 2.63. The van der Waals surface area contributed by atoms with Crippen molar-refractivity contribution in [3.8, 4) is 0 Å². The number of nitro benzene ring substituents is 1. The van der Waals surface area contributed by atoms with Crippen LogP contribution in [0.3, 0.4) is 0 Å². The Kier molecular flexibility index (Phi) is 5.45. The molecular formula is C17H16N2O5S. The third kappa shape index (κ3) is 4.82. The van der Waals surface area contributed by atoms with Gasteiger partial charge in [-0.2, -0.15) is 0 Å². The van der Waals surface area contributed by atoms with E-state index in [0.717, 1.165) is 10.9 Å². The highest BCUT2D eigenvalue weighted by molar-refractivity contribution is 7.85. The van der Waals surface area contributed by atoms with Gasteiger partial charge in [0.2, 0.25) is 0 Å². The summed E-state index contributed by atoms with van der Waals surface area (Å²) in [7, 11) is -2.43. The van der Waals surface area contributed by atoms with E-state index in [-0.39, 0.29) is 15.5 Å². The molecule has 0 atom stereocenters. The molecule has 0 radical (unpaired) electrons. The van der Waals surface area contributed by atoms with E-state index in [0.29, 0.717) is 5.39 Å². The fraction of sp³-hybridized carbons (Fsp3) is 0.118. The summed E-state index contributed by atoms with van der Waals surface area (Å²) in [5.41, 5.74) is 1.08. The predicted octanol–water partition coefficient (Wildman–Crippen LogP) is 2.47. The van der Waals surface area contributed by atoms with Crippen LogP contribution in [0.1, 0.15) is 5.56 Å². The molecule has 0 unspecified atom stereocenters. The number of non-ortho nitro benzene ring substituents is 1.